The first-order chi connectivity index (χ1) is 11.9. The Hall–Kier alpha value is -1.55. The average molecular weight is 460 g/mol. The summed E-state index contributed by atoms with van der Waals surface area (Å²) >= 11 is -0.834. The third-order valence-corrected chi connectivity index (χ3v) is 9.10. The van der Waals surface area contributed by atoms with Gasteiger partial charge in [0.05, 0.1) is 0 Å². The molecule has 3 aromatic rings. The number of hydrogen-bond acceptors (Lipinski definition) is 3. The van der Waals surface area contributed by atoms with E-state index in [0.29, 0.717) is 7.25 Å². The van der Waals surface area contributed by atoms with Gasteiger partial charge in [0.1, 0.15) is 0 Å². The number of hydrogen-bond donors (Lipinski definition) is 0. The van der Waals surface area contributed by atoms with Crippen LogP contribution in [0.15, 0.2) is 60.9 Å². The largest absolute Gasteiger partial charge is 1.00 e. The molecule has 0 fully saturated rings. The van der Waals surface area contributed by atoms with Crippen LogP contribution >= 0.6 is 0 Å². The first-order valence-corrected chi connectivity index (χ1v) is 10.8. The number of rotatable bonds is 3. The second-order valence-electron chi connectivity index (χ2n) is 6.02. The molecule has 0 radical (unpaired) electrons. The smallest absolute Gasteiger partial charge is 1.00 e. The van der Waals surface area contributed by atoms with Gasteiger partial charge in [-0.1, -0.05) is 0 Å². The summed E-state index contributed by atoms with van der Waals surface area (Å²) in [5, 5.41) is 11.8. The van der Waals surface area contributed by atoms with Crippen LogP contribution in [0.5, 0.6) is 0 Å². The molecular weight excluding hydrogens is 446 g/mol. The summed E-state index contributed by atoms with van der Waals surface area (Å²) in [6.45, 7) is 0. The van der Waals surface area contributed by atoms with Crippen molar-refractivity contribution in [2.24, 2.45) is 0 Å². The van der Waals surface area contributed by atoms with Crippen LogP contribution in [-0.4, -0.2) is 20.2 Å². The first kappa shape index (κ1) is 19.2. The van der Waals surface area contributed by atoms with Crippen molar-refractivity contribution in [2.75, 3.05) is 0 Å². The van der Waals surface area contributed by atoms with E-state index in [-0.39, 0.29) is 24.8 Å². The molecule has 0 aliphatic heterocycles. The fourth-order valence-electron chi connectivity index (χ4n) is 3.53. The summed E-state index contributed by atoms with van der Waals surface area (Å²) in [4.78, 5) is 0. The van der Waals surface area contributed by atoms with Gasteiger partial charge in [-0.15, -0.1) is 0 Å². The van der Waals surface area contributed by atoms with Gasteiger partial charge in [0.2, 0.25) is 0 Å². The predicted octanol–water partition coefficient (Wildman–Crippen LogP) is -2.42. The summed E-state index contributed by atoms with van der Waals surface area (Å²) < 4.78 is 2.91. The number of benzene rings is 2. The fourth-order valence-corrected chi connectivity index (χ4v) is 8.05. The van der Waals surface area contributed by atoms with E-state index < -0.39 is 23.2 Å². The SMILES string of the molecule is C1=C[CH]([Zr+2][CH]2C(n3cnnn3)=Cc3ccccc32)c2ccccc21.[Cl-].[Cl-]. The molecule has 2 unspecified atom stereocenters. The Morgan fingerprint density at radius 1 is 0.885 bits per heavy atom. The van der Waals surface area contributed by atoms with Gasteiger partial charge in [-0.05, 0) is 0 Å². The van der Waals surface area contributed by atoms with Crippen LogP contribution in [0.4, 0.5) is 0 Å². The maximum Gasteiger partial charge on any atom is -1.00 e. The van der Waals surface area contributed by atoms with Crippen LogP contribution in [0.2, 0.25) is 0 Å². The summed E-state index contributed by atoms with van der Waals surface area (Å²) in [7, 11) is 0. The summed E-state index contributed by atoms with van der Waals surface area (Å²) in [5.74, 6) is 0. The quantitative estimate of drug-likeness (QED) is 0.437. The molecule has 7 heteroatoms. The van der Waals surface area contributed by atoms with Crippen LogP contribution in [-0.2, 0) is 23.2 Å². The topological polar surface area (TPSA) is 43.6 Å². The van der Waals surface area contributed by atoms with Gasteiger partial charge in [-0.3, -0.25) is 0 Å². The molecule has 26 heavy (non-hydrogen) atoms. The van der Waals surface area contributed by atoms with Crippen molar-refractivity contribution in [3.8, 4) is 0 Å². The molecule has 0 spiro atoms. The Kier molecular flexibility index (Phi) is 5.91. The van der Waals surface area contributed by atoms with E-state index in [0.717, 1.165) is 0 Å². The van der Waals surface area contributed by atoms with Gasteiger partial charge in [0.25, 0.3) is 0 Å². The van der Waals surface area contributed by atoms with Gasteiger partial charge < -0.3 is 24.8 Å². The molecule has 1 aromatic heterocycles. The molecule has 128 valence electrons. The Morgan fingerprint density at radius 3 is 2.38 bits per heavy atom. The standard InChI is InChI=1S/C10H7N4.C9H7.2ClH.Zr/c1-2-4-9-6-10(5-8(9)3-1)14-7-11-12-13-14;1-2-5-9-7-3-6-8(9)4-1;;;/h1-7H;1-7H;2*1H;/q;;;;+2/p-2. The van der Waals surface area contributed by atoms with Crippen molar-refractivity contribution < 1.29 is 48.0 Å². The molecule has 5 rings (SSSR count). The molecular formula is C19H14Cl2N4Zr. The van der Waals surface area contributed by atoms with Gasteiger partial charge in [-0.2, -0.15) is 0 Å². The number of nitrogens with zero attached hydrogens (tertiary/aromatic N) is 4. The normalized spacial score (nSPS) is 18.8. The molecule has 1 heterocycles. The van der Waals surface area contributed by atoms with Gasteiger partial charge >= 0.3 is 152 Å². The summed E-state index contributed by atoms with van der Waals surface area (Å²) in [6, 6.07) is 17.5. The van der Waals surface area contributed by atoms with Crippen LogP contribution in [0.1, 0.15) is 29.5 Å². The first-order valence-electron chi connectivity index (χ1n) is 7.97. The van der Waals surface area contributed by atoms with E-state index in [2.05, 4.69) is 82.3 Å². The van der Waals surface area contributed by atoms with Crippen LogP contribution in [0.25, 0.3) is 17.8 Å². The second kappa shape index (κ2) is 8.00. The van der Waals surface area contributed by atoms with E-state index in [1.165, 1.54) is 28.0 Å². The molecule has 2 aromatic carbocycles. The van der Waals surface area contributed by atoms with E-state index >= 15 is 0 Å². The zero-order valence-corrected chi connectivity index (χ0v) is 17.6. The minimum Gasteiger partial charge on any atom is -1.00 e. The number of tetrazole rings is 1. The van der Waals surface area contributed by atoms with Crippen molar-refractivity contribution in [2.45, 2.75) is 7.25 Å². The average Bonchev–Trinajstić information content (AvgIpc) is 3.34. The molecule has 0 saturated carbocycles. The van der Waals surface area contributed by atoms with E-state index in [4.69, 9.17) is 0 Å². The zero-order valence-electron chi connectivity index (χ0n) is 13.6. The van der Waals surface area contributed by atoms with E-state index in [1.54, 1.807) is 6.33 Å². The zero-order chi connectivity index (χ0) is 15.9. The maximum absolute atomic E-state index is 4.15. The third kappa shape index (κ3) is 3.24. The number of halogens is 2. The second-order valence-corrected chi connectivity index (χ2v) is 9.79. The molecule has 0 amide bonds. The molecule has 0 saturated heterocycles. The molecule has 4 nitrogen and oxygen atoms in total. The monoisotopic (exact) mass is 458 g/mol. The Labute approximate surface area is 175 Å². The minimum absolute atomic E-state index is 0. The third-order valence-electron chi connectivity index (χ3n) is 4.67. The molecule has 0 bridgehead atoms. The molecule has 2 aliphatic rings. The molecule has 0 N–H and O–H groups in total. The Bertz CT molecular complexity index is 969. The Morgan fingerprint density at radius 2 is 1.62 bits per heavy atom. The number of aromatic nitrogens is 4. The van der Waals surface area contributed by atoms with Gasteiger partial charge in [0.15, 0.2) is 0 Å². The maximum atomic E-state index is 4.15. The predicted molar refractivity (Wildman–Crippen MR) is 89.4 cm³/mol. The number of fused-ring (bicyclic) bond motifs is 2. The molecule has 2 atom stereocenters. The van der Waals surface area contributed by atoms with Crippen molar-refractivity contribution in [1.82, 2.24) is 20.2 Å². The number of allylic oxidation sites excluding steroid dienone is 2. The molecule has 2 aliphatic carbocycles. The van der Waals surface area contributed by atoms with Crippen molar-refractivity contribution in [3.05, 3.63) is 83.2 Å². The van der Waals surface area contributed by atoms with Gasteiger partial charge in [0, 0.05) is 0 Å². The summed E-state index contributed by atoms with van der Waals surface area (Å²) in [5.41, 5.74) is 6.84. The van der Waals surface area contributed by atoms with Gasteiger partial charge in [-0.25, -0.2) is 0 Å². The Balaban J connectivity index is 0.000000980. The fraction of sp³-hybridized carbons (Fsp3) is 0.105. The van der Waals surface area contributed by atoms with Crippen molar-refractivity contribution in [1.29, 1.82) is 0 Å². The minimum atomic E-state index is -0.834. The van der Waals surface area contributed by atoms with Crippen molar-refractivity contribution >= 4 is 17.8 Å². The van der Waals surface area contributed by atoms with Crippen molar-refractivity contribution in [3.63, 3.8) is 0 Å². The van der Waals surface area contributed by atoms with Crippen LogP contribution in [0.3, 0.4) is 0 Å². The van der Waals surface area contributed by atoms with E-state index in [9.17, 15) is 0 Å². The van der Waals surface area contributed by atoms with Crippen LogP contribution in [0, 0.1) is 0 Å². The van der Waals surface area contributed by atoms with Crippen LogP contribution < -0.4 is 24.8 Å². The van der Waals surface area contributed by atoms with E-state index in [1.807, 2.05) is 4.68 Å². The summed E-state index contributed by atoms with van der Waals surface area (Å²) in [6.07, 6.45) is 8.64.